The van der Waals surface area contributed by atoms with Crippen LogP contribution in [0, 0.1) is 5.41 Å². The molecule has 48 heavy (non-hydrogen) atoms. The zero-order chi connectivity index (χ0) is 34.1. The molecule has 4 aromatic carbocycles. The predicted molar refractivity (Wildman–Crippen MR) is 197 cm³/mol. The maximum Gasteiger partial charge on any atom is 0.337 e. The smallest absolute Gasteiger partial charge is 0.337 e. The summed E-state index contributed by atoms with van der Waals surface area (Å²) in [5, 5.41) is 3.19. The minimum Gasteiger partial charge on any atom is -0.465 e. The van der Waals surface area contributed by atoms with E-state index in [0.717, 1.165) is 43.2 Å². The van der Waals surface area contributed by atoms with Crippen molar-refractivity contribution in [2.75, 3.05) is 20.2 Å². The first-order valence-electron chi connectivity index (χ1n) is 16.7. The van der Waals surface area contributed by atoms with E-state index in [1.54, 1.807) is 24.3 Å². The summed E-state index contributed by atoms with van der Waals surface area (Å²) in [7, 11) is -1.28. The van der Waals surface area contributed by atoms with Crippen molar-refractivity contribution in [2.45, 2.75) is 64.0 Å². The van der Waals surface area contributed by atoms with E-state index in [9.17, 15) is 9.59 Å². The third-order valence-electron chi connectivity index (χ3n) is 10.4. The monoisotopic (exact) mass is 699 g/mol. The molecule has 250 valence electrons. The van der Waals surface area contributed by atoms with Crippen LogP contribution in [0.5, 0.6) is 0 Å². The number of methoxy groups -OCH3 is 1. The van der Waals surface area contributed by atoms with E-state index < -0.39 is 14.3 Å². The van der Waals surface area contributed by atoms with Crippen LogP contribution < -0.4 is 10.4 Å². The van der Waals surface area contributed by atoms with Gasteiger partial charge in [0.1, 0.15) is 0 Å². The second-order valence-corrected chi connectivity index (χ2v) is 19.4. The van der Waals surface area contributed by atoms with Crippen LogP contribution in [0.2, 0.25) is 15.1 Å². The molecule has 1 spiro atoms. The van der Waals surface area contributed by atoms with Crippen LogP contribution in [0.3, 0.4) is 0 Å². The first kappa shape index (κ1) is 34.4. The Bertz CT molecular complexity index is 1700. The van der Waals surface area contributed by atoms with Crippen LogP contribution in [-0.4, -0.2) is 51.4 Å². The van der Waals surface area contributed by atoms with Gasteiger partial charge in [0, 0.05) is 19.2 Å². The lowest BCUT2D eigenvalue weighted by Gasteiger charge is -2.47. The topological polar surface area (TPSA) is 55.8 Å². The van der Waals surface area contributed by atoms with Crippen molar-refractivity contribution in [2.24, 2.45) is 5.41 Å². The van der Waals surface area contributed by atoms with Crippen molar-refractivity contribution in [1.82, 2.24) is 4.90 Å². The normalized spacial score (nSPS) is 19.8. The summed E-state index contributed by atoms with van der Waals surface area (Å²) in [4.78, 5) is 27.6. The van der Waals surface area contributed by atoms with Gasteiger partial charge in [-0.2, -0.15) is 0 Å². The second kappa shape index (κ2) is 13.8. The SMILES string of the molecule is COC(=O)c1ccc(-c2cc(Cl)c(C(=O)N3CCC4(CCC(O[Si](c5ccccc5)(c5ccccc5)C(C)(C)C)CC4)C3)c(Cl)c2)cc1. The quantitative estimate of drug-likeness (QED) is 0.143. The number of amides is 1. The number of nitrogens with zero attached hydrogens (tertiary/aromatic N) is 1. The van der Waals surface area contributed by atoms with Crippen LogP contribution in [-0.2, 0) is 9.16 Å². The Labute approximate surface area is 295 Å². The molecule has 1 heterocycles. The van der Waals surface area contributed by atoms with Gasteiger partial charge in [-0.15, -0.1) is 0 Å². The molecule has 5 nitrogen and oxygen atoms in total. The first-order valence-corrected chi connectivity index (χ1v) is 19.4. The molecule has 1 aliphatic carbocycles. The maximum absolute atomic E-state index is 13.9. The third kappa shape index (κ3) is 6.60. The molecule has 1 saturated carbocycles. The van der Waals surface area contributed by atoms with E-state index in [4.69, 9.17) is 32.4 Å². The predicted octanol–water partition coefficient (Wildman–Crippen LogP) is 8.80. The number of ether oxygens (including phenoxy) is 1. The summed E-state index contributed by atoms with van der Waals surface area (Å²) in [6.45, 7) is 8.36. The van der Waals surface area contributed by atoms with Gasteiger partial charge < -0.3 is 14.1 Å². The zero-order valence-corrected chi connectivity index (χ0v) is 30.6. The highest BCUT2D eigenvalue weighted by Gasteiger charge is 2.52. The minimum absolute atomic E-state index is 0.0674. The summed E-state index contributed by atoms with van der Waals surface area (Å²) in [5.74, 6) is -0.526. The van der Waals surface area contributed by atoms with E-state index in [-0.39, 0.29) is 22.5 Å². The number of carbonyl (C=O) groups is 2. The minimum atomic E-state index is -2.63. The summed E-state index contributed by atoms with van der Waals surface area (Å²) in [5.41, 5.74) is 2.48. The average molecular weight is 701 g/mol. The van der Waals surface area contributed by atoms with Gasteiger partial charge in [0.15, 0.2) is 0 Å². The molecule has 1 aliphatic heterocycles. The Morgan fingerprint density at radius 3 is 1.83 bits per heavy atom. The first-order chi connectivity index (χ1) is 23.0. The molecule has 2 fully saturated rings. The van der Waals surface area contributed by atoms with Crippen molar-refractivity contribution >= 4 is 53.8 Å². The van der Waals surface area contributed by atoms with Crippen LogP contribution in [0.1, 0.15) is 73.6 Å². The van der Waals surface area contributed by atoms with E-state index in [1.165, 1.54) is 17.5 Å². The lowest BCUT2D eigenvalue weighted by molar-refractivity contribution is 0.0600. The fraction of sp³-hybridized carbons (Fsp3) is 0.350. The Hall–Kier alpha value is -3.42. The Kier molecular flexibility index (Phi) is 9.92. The molecule has 0 aromatic heterocycles. The van der Waals surface area contributed by atoms with Crippen molar-refractivity contribution in [3.8, 4) is 11.1 Å². The number of rotatable bonds is 7. The third-order valence-corrected chi connectivity index (χ3v) is 16.1. The molecule has 6 rings (SSSR count). The lowest BCUT2D eigenvalue weighted by atomic mass is 9.72. The highest BCUT2D eigenvalue weighted by Crippen LogP contribution is 2.47. The van der Waals surface area contributed by atoms with Crippen LogP contribution in [0.25, 0.3) is 11.1 Å². The molecule has 0 unspecified atom stereocenters. The molecule has 8 heteroatoms. The van der Waals surface area contributed by atoms with Crippen molar-refractivity contribution in [3.05, 3.63) is 118 Å². The van der Waals surface area contributed by atoms with Gasteiger partial charge in [-0.1, -0.05) is 117 Å². The van der Waals surface area contributed by atoms with E-state index in [1.807, 2.05) is 17.0 Å². The number of hydrogen-bond donors (Lipinski definition) is 0. The highest BCUT2D eigenvalue weighted by molar-refractivity contribution is 6.99. The summed E-state index contributed by atoms with van der Waals surface area (Å²) in [6, 6.07) is 32.2. The van der Waals surface area contributed by atoms with Gasteiger partial charge in [0.2, 0.25) is 0 Å². The van der Waals surface area contributed by atoms with Gasteiger partial charge in [0.25, 0.3) is 14.2 Å². The zero-order valence-electron chi connectivity index (χ0n) is 28.1. The Morgan fingerprint density at radius 2 is 1.33 bits per heavy atom. The molecule has 1 amide bonds. The molecule has 2 aliphatic rings. The molecular formula is C40H43Cl2NO4Si. The summed E-state index contributed by atoms with van der Waals surface area (Å²) in [6.07, 6.45) is 5.09. The van der Waals surface area contributed by atoms with Crippen LogP contribution in [0.4, 0.5) is 0 Å². The molecule has 0 radical (unpaired) electrons. The fourth-order valence-electron chi connectivity index (χ4n) is 7.80. The molecule has 4 aromatic rings. The molecule has 0 bridgehead atoms. The lowest BCUT2D eigenvalue weighted by Crippen LogP contribution is -2.68. The Balaban J connectivity index is 1.16. The van der Waals surface area contributed by atoms with Crippen LogP contribution >= 0.6 is 23.2 Å². The van der Waals surface area contributed by atoms with E-state index >= 15 is 0 Å². The van der Waals surface area contributed by atoms with Gasteiger partial charge >= 0.3 is 5.97 Å². The van der Waals surface area contributed by atoms with Gasteiger partial charge in [-0.05, 0) is 88.3 Å². The number of hydrogen-bond acceptors (Lipinski definition) is 4. The standard InChI is InChI=1S/C40H43Cl2NO4Si/c1-39(2,3)48(32-11-7-5-8-12-32,33-13-9-6-10-14-33)47-31-19-21-40(22-20-31)23-24-43(27-40)37(44)36-34(41)25-30(26-35(36)42)28-15-17-29(18-16-28)38(45)46-4/h5-18,25-26,31H,19-24,27H2,1-4H3. The van der Waals surface area contributed by atoms with E-state index in [2.05, 4.69) is 81.4 Å². The van der Waals surface area contributed by atoms with Crippen molar-refractivity contribution in [3.63, 3.8) is 0 Å². The molecule has 1 saturated heterocycles. The molecule has 0 atom stereocenters. The van der Waals surface area contributed by atoms with Crippen LogP contribution in [0.15, 0.2) is 97.1 Å². The average Bonchev–Trinajstić information content (AvgIpc) is 3.51. The fourth-order valence-corrected chi connectivity index (χ4v) is 13.2. The van der Waals surface area contributed by atoms with Crippen molar-refractivity contribution < 1.29 is 18.8 Å². The van der Waals surface area contributed by atoms with Crippen molar-refractivity contribution in [1.29, 1.82) is 0 Å². The largest absolute Gasteiger partial charge is 0.465 e. The number of esters is 1. The van der Waals surface area contributed by atoms with Gasteiger partial charge in [-0.25, -0.2) is 4.79 Å². The van der Waals surface area contributed by atoms with E-state index in [0.29, 0.717) is 34.3 Å². The summed E-state index contributed by atoms with van der Waals surface area (Å²) >= 11 is 13.5. The molecular weight excluding hydrogens is 657 g/mol. The Morgan fingerprint density at radius 1 is 0.792 bits per heavy atom. The number of likely N-dealkylation sites (tertiary alicyclic amines) is 1. The number of halogens is 2. The van der Waals surface area contributed by atoms with Gasteiger partial charge in [-0.3, -0.25) is 4.79 Å². The second-order valence-electron chi connectivity index (χ2n) is 14.3. The molecule has 0 N–H and O–H groups in total. The summed E-state index contributed by atoms with van der Waals surface area (Å²) < 4.78 is 12.3. The number of carbonyl (C=O) groups excluding carboxylic acids is 2. The maximum atomic E-state index is 13.9. The van der Waals surface area contributed by atoms with Gasteiger partial charge in [0.05, 0.1) is 28.3 Å². The number of benzene rings is 4. The highest BCUT2D eigenvalue weighted by atomic mass is 35.5.